The van der Waals surface area contributed by atoms with Crippen molar-refractivity contribution in [2.24, 2.45) is 0 Å². The van der Waals surface area contributed by atoms with Crippen LogP contribution in [0.5, 0.6) is 0 Å². The van der Waals surface area contributed by atoms with Crippen molar-refractivity contribution in [1.82, 2.24) is 9.78 Å². The second-order valence-electron chi connectivity index (χ2n) is 5.62. The average molecular weight is 292 g/mol. The molecule has 112 valence electrons. The number of aromatic nitrogens is 2. The summed E-state index contributed by atoms with van der Waals surface area (Å²) < 4.78 is 1.57. The number of aryl methyl sites for hydroxylation is 1. The van der Waals surface area contributed by atoms with Gasteiger partial charge in [0.15, 0.2) is 0 Å². The van der Waals surface area contributed by atoms with Gasteiger partial charge in [0.25, 0.3) is 5.91 Å². The molecule has 0 aliphatic heterocycles. The Bertz CT molecular complexity index is 841. The Morgan fingerprint density at radius 1 is 1.09 bits per heavy atom. The number of rotatable bonds is 3. The molecule has 0 radical (unpaired) electrons. The molecule has 0 saturated heterocycles. The number of fused-ring (bicyclic) bond motifs is 1. The van der Waals surface area contributed by atoms with Crippen LogP contribution in [0.25, 0.3) is 10.8 Å². The topological polar surface area (TPSA) is 34.9 Å². The molecule has 0 unspecified atom stereocenters. The zero-order valence-electron chi connectivity index (χ0n) is 13.3. The van der Waals surface area contributed by atoms with Crippen molar-refractivity contribution >= 4 is 16.7 Å². The first-order chi connectivity index (χ1) is 10.6. The first-order valence-corrected chi connectivity index (χ1v) is 7.66. The van der Waals surface area contributed by atoms with E-state index in [1.807, 2.05) is 38.1 Å². The molecule has 1 aromatic heterocycles. The summed E-state index contributed by atoms with van der Waals surface area (Å²) in [5, 5.41) is 6.72. The average Bonchev–Trinajstić information content (AvgIpc) is 2.82. The minimum Gasteiger partial charge on any atom is -0.272 e. The number of carbonyl (C=O) groups is 1. The van der Waals surface area contributed by atoms with Crippen LogP contribution < -0.4 is 0 Å². The third-order valence-corrected chi connectivity index (χ3v) is 4.25. The Hall–Kier alpha value is -2.42. The molecule has 0 N–H and O–H groups in total. The highest BCUT2D eigenvalue weighted by Gasteiger charge is 2.16. The van der Waals surface area contributed by atoms with Gasteiger partial charge in [-0.2, -0.15) is 5.10 Å². The van der Waals surface area contributed by atoms with Crippen molar-refractivity contribution < 1.29 is 4.79 Å². The maximum atomic E-state index is 12.7. The van der Waals surface area contributed by atoms with Gasteiger partial charge in [-0.3, -0.25) is 4.79 Å². The van der Waals surface area contributed by atoms with Gasteiger partial charge >= 0.3 is 0 Å². The van der Waals surface area contributed by atoms with Crippen LogP contribution in [0.1, 0.15) is 34.2 Å². The molecule has 0 bridgehead atoms. The van der Waals surface area contributed by atoms with Crippen LogP contribution in [0.4, 0.5) is 0 Å². The Balaban J connectivity index is 1.97. The summed E-state index contributed by atoms with van der Waals surface area (Å²) in [5.41, 5.74) is 4.14. The molecule has 0 aliphatic carbocycles. The monoisotopic (exact) mass is 292 g/mol. The first-order valence-electron chi connectivity index (χ1n) is 7.66. The summed E-state index contributed by atoms with van der Waals surface area (Å²) in [6.45, 7) is 6.03. The molecule has 0 amide bonds. The molecule has 0 fully saturated rings. The molecule has 0 atom stereocenters. The molecule has 3 heteroatoms. The normalized spacial score (nSPS) is 11.0. The second-order valence-corrected chi connectivity index (χ2v) is 5.62. The van der Waals surface area contributed by atoms with E-state index in [0.29, 0.717) is 6.42 Å². The Kier molecular flexibility index (Phi) is 3.80. The third kappa shape index (κ3) is 2.43. The summed E-state index contributed by atoms with van der Waals surface area (Å²) in [6.07, 6.45) is 1.27. The Labute approximate surface area is 130 Å². The van der Waals surface area contributed by atoms with Gasteiger partial charge in [-0.25, -0.2) is 4.68 Å². The summed E-state index contributed by atoms with van der Waals surface area (Å²) in [5.74, 6) is 0.0247. The molecular weight excluding hydrogens is 272 g/mol. The molecule has 0 spiro atoms. The molecule has 3 rings (SSSR count). The zero-order valence-corrected chi connectivity index (χ0v) is 13.3. The van der Waals surface area contributed by atoms with E-state index in [0.717, 1.165) is 34.1 Å². The summed E-state index contributed by atoms with van der Waals surface area (Å²) >= 11 is 0. The first kappa shape index (κ1) is 14.5. The maximum Gasteiger partial charge on any atom is 0.251 e. The largest absolute Gasteiger partial charge is 0.272 e. The highest BCUT2D eigenvalue weighted by atomic mass is 16.2. The van der Waals surface area contributed by atoms with Gasteiger partial charge in [0, 0.05) is 5.69 Å². The van der Waals surface area contributed by atoms with Crippen molar-refractivity contribution in [3.63, 3.8) is 0 Å². The minimum absolute atomic E-state index is 0.0247. The van der Waals surface area contributed by atoms with E-state index in [4.69, 9.17) is 0 Å². The van der Waals surface area contributed by atoms with Gasteiger partial charge in [-0.15, -0.1) is 0 Å². The lowest BCUT2D eigenvalue weighted by atomic mass is 10.0. The van der Waals surface area contributed by atoms with Gasteiger partial charge in [0.2, 0.25) is 0 Å². The van der Waals surface area contributed by atoms with Crippen molar-refractivity contribution in [3.05, 3.63) is 65.0 Å². The fourth-order valence-corrected chi connectivity index (χ4v) is 3.11. The second kappa shape index (κ2) is 5.76. The zero-order chi connectivity index (χ0) is 15.7. The van der Waals surface area contributed by atoms with E-state index in [2.05, 4.69) is 30.2 Å². The smallest absolute Gasteiger partial charge is 0.251 e. The maximum absolute atomic E-state index is 12.7. The Morgan fingerprint density at radius 2 is 1.82 bits per heavy atom. The molecular formula is C19H20N2O. The van der Waals surface area contributed by atoms with E-state index in [-0.39, 0.29) is 5.91 Å². The van der Waals surface area contributed by atoms with Crippen LogP contribution in [-0.2, 0) is 12.8 Å². The van der Waals surface area contributed by atoms with E-state index in [1.165, 1.54) is 5.56 Å². The van der Waals surface area contributed by atoms with Gasteiger partial charge < -0.3 is 0 Å². The molecule has 3 nitrogen and oxygen atoms in total. The Morgan fingerprint density at radius 3 is 2.55 bits per heavy atom. The summed E-state index contributed by atoms with van der Waals surface area (Å²) in [6, 6.07) is 14.3. The highest BCUT2D eigenvalue weighted by molar-refractivity contribution is 5.91. The number of hydrogen-bond acceptors (Lipinski definition) is 2. The van der Waals surface area contributed by atoms with E-state index < -0.39 is 0 Å². The summed E-state index contributed by atoms with van der Waals surface area (Å²) in [7, 11) is 0. The van der Waals surface area contributed by atoms with Crippen LogP contribution in [0.15, 0.2) is 42.5 Å². The van der Waals surface area contributed by atoms with Crippen molar-refractivity contribution in [1.29, 1.82) is 0 Å². The van der Waals surface area contributed by atoms with Gasteiger partial charge in [-0.05, 0) is 42.2 Å². The van der Waals surface area contributed by atoms with Gasteiger partial charge in [0.05, 0.1) is 12.1 Å². The summed E-state index contributed by atoms with van der Waals surface area (Å²) in [4.78, 5) is 12.7. The molecule has 3 aromatic rings. The predicted molar refractivity (Wildman–Crippen MR) is 89.4 cm³/mol. The van der Waals surface area contributed by atoms with Crippen molar-refractivity contribution in [3.8, 4) is 0 Å². The van der Waals surface area contributed by atoms with Crippen LogP contribution in [0.2, 0.25) is 0 Å². The van der Waals surface area contributed by atoms with Gasteiger partial charge in [0.1, 0.15) is 0 Å². The van der Waals surface area contributed by atoms with Crippen molar-refractivity contribution in [2.75, 3.05) is 0 Å². The molecule has 2 aromatic carbocycles. The number of benzene rings is 2. The molecule has 0 aliphatic rings. The van der Waals surface area contributed by atoms with Gasteiger partial charge in [-0.1, -0.05) is 49.4 Å². The van der Waals surface area contributed by atoms with Crippen LogP contribution in [-0.4, -0.2) is 15.7 Å². The van der Waals surface area contributed by atoms with E-state index in [1.54, 1.807) is 4.68 Å². The minimum atomic E-state index is 0.0247. The lowest BCUT2D eigenvalue weighted by molar-refractivity contribution is 0.0896. The number of hydrogen-bond donors (Lipinski definition) is 0. The fourth-order valence-electron chi connectivity index (χ4n) is 3.11. The quantitative estimate of drug-likeness (QED) is 0.728. The standard InChI is InChI=1S/C19H20N2O/c1-4-17-13(2)20-21(14(17)3)19(22)12-16-10-7-9-15-8-5-6-11-18(15)16/h5-11H,4,12H2,1-3H3. The van der Waals surface area contributed by atoms with E-state index >= 15 is 0 Å². The predicted octanol–water partition coefficient (Wildman–Crippen LogP) is 4.10. The SMILES string of the molecule is CCc1c(C)nn(C(=O)Cc2cccc3ccccc23)c1C. The van der Waals surface area contributed by atoms with Crippen molar-refractivity contribution in [2.45, 2.75) is 33.6 Å². The van der Waals surface area contributed by atoms with E-state index in [9.17, 15) is 4.79 Å². The number of nitrogens with zero attached hydrogens (tertiary/aromatic N) is 2. The van der Waals surface area contributed by atoms with Crippen LogP contribution >= 0.6 is 0 Å². The molecule has 22 heavy (non-hydrogen) atoms. The molecule has 1 heterocycles. The number of carbonyl (C=O) groups excluding carboxylic acids is 1. The van der Waals surface area contributed by atoms with Crippen LogP contribution in [0, 0.1) is 13.8 Å². The third-order valence-electron chi connectivity index (χ3n) is 4.25. The lowest BCUT2D eigenvalue weighted by Gasteiger charge is -2.07. The molecule has 0 saturated carbocycles. The lowest BCUT2D eigenvalue weighted by Crippen LogP contribution is -2.17. The van der Waals surface area contributed by atoms with Crippen LogP contribution in [0.3, 0.4) is 0 Å². The fraction of sp³-hybridized carbons (Fsp3) is 0.263. The highest BCUT2D eigenvalue weighted by Crippen LogP contribution is 2.20.